The molecule has 0 saturated heterocycles. The maximum atomic E-state index is 5.94. The van der Waals surface area contributed by atoms with E-state index in [1.54, 1.807) is 0 Å². The molecule has 0 spiro atoms. The van der Waals surface area contributed by atoms with Crippen LogP contribution in [0.3, 0.4) is 0 Å². The second-order valence-corrected chi connectivity index (χ2v) is 29.6. The molecule has 92 heavy (non-hydrogen) atoms. The van der Waals surface area contributed by atoms with Gasteiger partial charge in [0.05, 0.1) is 33.8 Å². The Morgan fingerprint density at radius 2 is 0.489 bits per heavy atom. The second kappa shape index (κ2) is 21.8. The zero-order valence-electron chi connectivity index (χ0n) is 55.0. The number of nitrogens with one attached hydrogen (secondary N) is 2. The highest BCUT2D eigenvalue weighted by molar-refractivity contribution is 6.17. The lowest BCUT2D eigenvalue weighted by molar-refractivity contribution is 0.590. The monoisotopic (exact) mass is 1190 g/mol. The molecule has 0 saturated carbocycles. The highest BCUT2D eigenvalue weighted by atomic mass is 14.8. The summed E-state index contributed by atoms with van der Waals surface area (Å²) in [6.45, 7) is 27.4. The molecular formula is C88H78N4. The van der Waals surface area contributed by atoms with Crippen LogP contribution in [0.15, 0.2) is 243 Å². The molecule has 2 N–H and O–H groups in total. The van der Waals surface area contributed by atoms with E-state index in [9.17, 15) is 0 Å². The normalized spacial score (nSPS) is 12.6. The van der Waals surface area contributed by atoms with Gasteiger partial charge in [0.1, 0.15) is 0 Å². The molecule has 3 aromatic heterocycles. The van der Waals surface area contributed by atoms with E-state index >= 15 is 0 Å². The first kappa shape index (κ1) is 58.2. The molecule has 0 amide bonds. The number of benzene rings is 10. The van der Waals surface area contributed by atoms with Crippen molar-refractivity contribution in [1.29, 1.82) is 0 Å². The van der Waals surface area contributed by atoms with Crippen LogP contribution in [0.1, 0.15) is 105 Å². The van der Waals surface area contributed by atoms with Gasteiger partial charge in [0.25, 0.3) is 0 Å². The number of hydrogen-bond donors (Lipinski definition) is 2. The summed E-state index contributed by atoms with van der Waals surface area (Å²) in [4.78, 5) is 20.2. The van der Waals surface area contributed by atoms with Crippen molar-refractivity contribution in [3.05, 3.63) is 265 Å². The summed E-state index contributed by atoms with van der Waals surface area (Å²) in [6.07, 6.45) is 0. The summed E-state index contributed by atoms with van der Waals surface area (Å²) in [7, 11) is 0. The minimum atomic E-state index is 0.0122. The molecule has 0 radical (unpaired) electrons. The topological polar surface area (TPSA) is 57.4 Å². The largest absolute Gasteiger partial charge is 0.354 e. The van der Waals surface area contributed by atoms with E-state index in [1.165, 1.54) is 22.3 Å². The minimum Gasteiger partial charge on any atom is -0.354 e. The van der Waals surface area contributed by atoms with E-state index in [4.69, 9.17) is 9.97 Å². The molecule has 0 fully saturated rings. The van der Waals surface area contributed by atoms with Gasteiger partial charge in [-0.05, 0) is 148 Å². The van der Waals surface area contributed by atoms with Crippen LogP contribution < -0.4 is 0 Å². The fourth-order valence-electron chi connectivity index (χ4n) is 13.9. The molecule has 8 bridgehead atoms. The van der Waals surface area contributed by atoms with Gasteiger partial charge in [-0.2, -0.15) is 0 Å². The fraction of sp³-hybridized carbons (Fsp3) is 0.182. The minimum absolute atomic E-state index is 0.0122. The third kappa shape index (κ3) is 10.5. The van der Waals surface area contributed by atoms with Gasteiger partial charge in [-0.15, -0.1) is 0 Å². The van der Waals surface area contributed by atoms with Gasteiger partial charge in [0, 0.05) is 66.0 Å². The van der Waals surface area contributed by atoms with Gasteiger partial charge in [-0.25, -0.2) is 9.97 Å². The van der Waals surface area contributed by atoms with Crippen molar-refractivity contribution in [2.45, 2.75) is 105 Å². The average Bonchev–Trinajstić information content (AvgIpc) is 1.58. The molecule has 13 aromatic rings. The Hall–Kier alpha value is -10.2. The summed E-state index contributed by atoms with van der Waals surface area (Å²) in [5, 5.41) is 4.40. The predicted molar refractivity (Wildman–Crippen MR) is 392 cm³/mol. The van der Waals surface area contributed by atoms with Crippen LogP contribution in [0.5, 0.6) is 0 Å². The molecule has 0 unspecified atom stereocenters. The number of rotatable bonds is 6. The Morgan fingerprint density at radius 1 is 0.239 bits per heavy atom. The standard InChI is InChI=1S/C88H78N4/c1-85(2,3)63-37-29-53(30-38-63)57-45-58(54-31-39-64(40-32-54)86(4,5)6)48-61(47-57)79-81-71-25-17-13-21-67(71)75(89-81)51-77-69-23-15-19-27-73(69)83(91-77)80(84-74-28-20-16-24-70(74)78(92-84)52-76-68-22-14-18-26-72(68)82(79)90-76)62-49-59(55-33-41-65(42-34-55)87(7,8)9)46-60(50-62)56-35-43-66(44-36-56)88(10,11)12/h13-52,89,92H,1-12H3. The van der Waals surface area contributed by atoms with Crippen LogP contribution in [0.2, 0.25) is 0 Å². The van der Waals surface area contributed by atoms with Crippen molar-refractivity contribution < 1.29 is 0 Å². The second-order valence-electron chi connectivity index (χ2n) is 29.6. The van der Waals surface area contributed by atoms with Gasteiger partial charge >= 0.3 is 0 Å². The third-order valence-corrected chi connectivity index (χ3v) is 19.2. The van der Waals surface area contributed by atoms with E-state index in [1.807, 2.05) is 0 Å². The van der Waals surface area contributed by atoms with Crippen molar-refractivity contribution in [2.24, 2.45) is 0 Å². The maximum absolute atomic E-state index is 5.94. The van der Waals surface area contributed by atoms with Crippen molar-refractivity contribution in [1.82, 2.24) is 19.9 Å². The van der Waals surface area contributed by atoms with Crippen LogP contribution in [0.4, 0.5) is 0 Å². The van der Waals surface area contributed by atoms with Gasteiger partial charge in [0.2, 0.25) is 0 Å². The molecule has 2 aliphatic rings. The smallest absolute Gasteiger partial charge is 0.0815 e. The molecule has 4 heteroatoms. The molecule has 2 aliphatic heterocycles. The third-order valence-electron chi connectivity index (χ3n) is 19.2. The van der Waals surface area contributed by atoms with Gasteiger partial charge in [-0.1, -0.05) is 277 Å². The summed E-state index contributed by atoms with van der Waals surface area (Å²) in [5.41, 5.74) is 30.4. The van der Waals surface area contributed by atoms with Gasteiger partial charge in [-0.3, -0.25) is 0 Å². The number of aromatic nitrogens is 4. The first-order valence-corrected chi connectivity index (χ1v) is 32.6. The van der Waals surface area contributed by atoms with Crippen LogP contribution in [0, 0.1) is 0 Å². The SMILES string of the molecule is CC(C)(C)c1ccc(-c2cc(-c3ccc(C(C)(C)C)cc3)cc(-c3c4nc(cc5[nH]c(c(-c6cc(-c7ccc(C(C)(C)C)cc7)cc(-c7ccc(C(C)(C)C)cc7)c6)c6nc(cc7[nH]c3c3ccccc73)-c3ccccc3-6)c3ccccc53)-c3ccccc3-4)c2)cc1. The van der Waals surface area contributed by atoms with Crippen LogP contribution >= 0.6 is 0 Å². The fourth-order valence-corrected chi connectivity index (χ4v) is 13.9. The summed E-state index contributed by atoms with van der Waals surface area (Å²) in [6, 6.07) is 90.9. The molecule has 10 aromatic carbocycles. The zero-order chi connectivity index (χ0) is 63.6. The lowest BCUT2D eigenvalue weighted by Gasteiger charge is -2.20. The van der Waals surface area contributed by atoms with Crippen LogP contribution in [-0.2, 0) is 21.7 Å². The summed E-state index contributed by atoms with van der Waals surface area (Å²) < 4.78 is 0. The Kier molecular flexibility index (Phi) is 13.8. The molecule has 15 rings (SSSR count). The molecule has 0 atom stereocenters. The highest BCUT2D eigenvalue weighted by Gasteiger charge is 2.28. The summed E-state index contributed by atoms with van der Waals surface area (Å²) in [5.74, 6) is 0. The van der Waals surface area contributed by atoms with Crippen molar-refractivity contribution >= 4 is 43.6 Å². The molecule has 5 heterocycles. The van der Waals surface area contributed by atoms with E-state index in [0.717, 1.165) is 155 Å². The summed E-state index contributed by atoms with van der Waals surface area (Å²) >= 11 is 0. The number of fused-ring (bicyclic) bond motifs is 20. The molecule has 0 aliphatic carbocycles. The maximum Gasteiger partial charge on any atom is 0.0815 e. The first-order chi connectivity index (χ1) is 44.1. The molecule has 450 valence electrons. The Bertz CT molecular complexity index is 4770. The molecule has 4 nitrogen and oxygen atoms in total. The van der Waals surface area contributed by atoms with Gasteiger partial charge < -0.3 is 9.97 Å². The Labute approximate surface area is 541 Å². The average molecular weight is 1190 g/mol. The van der Waals surface area contributed by atoms with Crippen LogP contribution in [0.25, 0.3) is 155 Å². The Morgan fingerprint density at radius 3 is 0.772 bits per heavy atom. The Balaban J connectivity index is 1.08. The predicted octanol–water partition coefficient (Wildman–Crippen LogP) is 24.5. The van der Waals surface area contributed by atoms with Crippen molar-refractivity contribution in [3.8, 4) is 112 Å². The van der Waals surface area contributed by atoms with Crippen molar-refractivity contribution in [3.63, 3.8) is 0 Å². The number of aromatic amines is 2. The van der Waals surface area contributed by atoms with Gasteiger partial charge in [0.15, 0.2) is 0 Å². The quantitative estimate of drug-likeness (QED) is 0.174. The number of H-pyrrole nitrogens is 2. The van der Waals surface area contributed by atoms with Crippen LogP contribution in [-0.4, -0.2) is 19.9 Å². The molecular weight excluding hydrogens is 1110 g/mol. The van der Waals surface area contributed by atoms with E-state index in [2.05, 4.69) is 336 Å². The van der Waals surface area contributed by atoms with E-state index < -0.39 is 0 Å². The highest BCUT2D eigenvalue weighted by Crippen LogP contribution is 2.50. The lowest BCUT2D eigenvalue weighted by atomic mass is 9.85. The van der Waals surface area contributed by atoms with Crippen molar-refractivity contribution in [2.75, 3.05) is 0 Å². The van der Waals surface area contributed by atoms with E-state index in [-0.39, 0.29) is 21.7 Å². The first-order valence-electron chi connectivity index (χ1n) is 32.6. The zero-order valence-corrected chi connectivity index (χ0v) is 55.0. The number of nitrogens with zero attached hydrogens (tertiary/aromatic N) is 2. The van der Waals surface area contributed by atoms with E-state index in [0.29, 0.717) is 0 Å². The lowest BCUT2D eigenvalue weighted by Crippen LogP contribution is -2.10. The number of hydrogen-bond acceptors (Lipinski definition) is 2.